The first-order valence-corrected chi connectivity index (χ1v) is 7.35. The number of nitrogens with one attached hydrogen (secondary N) is 1. The molecule has 0 aromatic carbocycles. The van der Waals surface area contributed by atoms with Crippen LogP contribution >= 0.6 is 11.6 Å². The third kappa shape index (κ3) is 2.66. The summed E-state index contributed by atoms with van der Waals surface area (Å²) in [7, 11) is 0. The number of fused-ring (bicyclic) bond motifs is 1. The Morgan fingerprint density at radius 3 is 2.81 bits per heavy atom. The van der Waals surface area contributed by atoms with E-state index < -0.39 is 0 Å². The van der Waals surface area contributed by atoms with Crippen molar-refractivity contribution in [1.82, 2.24) is 24.5 Å². The van der Waals surface area contributed by atoms with E-state index in [4.69, 9.17) is 11.6 Å². The summed E-state index contributed by atoms with van der Waals surface area (Å²) >= 11 is 6.12. The monoisotopic (exact) mass is 303 g/mol. The van der Waals surface area contributed by atoms with Gasteiger partial charge in [0.25, 0.3) is 0 Å². The van der Waals surface area contributed by atoms with E-state index in [-0.39, 0.29) is 0 Å². The lowest BCUT2D eigenvalue weighted by Crippen LogP contribution is -2.23. The highest BCUT2D eigenvalue weighted by atomic mass is 35.5. The molecule has 3 heterocycles. The Labute approximate surface area is 128 Å². The summed E-state index contributed by atoms with van der Waals surface area (Å²) in [4.78, 5) is 4.68. The van der Waals surface area contributed by atoms with Gasteiger partial charge in [0.15, 0.2) is 5.82 Å². The fourth-order valence-electron chi connectivity index (χ4n) is 2.23. The summed E-state index contributed by atoms with van der Waals surface area (Å²) in [6, 6.07) is 6.36. The first-order chi connectivity index (χ1) is 10.1. The van der Waals surface area contributed by atoms with Crippen molar-refractivity contribution in [3.8, 4) is 5.82 Å². The number of hydrogen-bond donors (Lipinski definition) is 1. The molecule has 1 N–H and O–H groups in total. The lowest BCUT2D eigenvalue weighted by Gasteiger charge is -2.09. The molecule has 3 aromatic rings. The highest BCUT2D eigenvalue weighted by Gasteiger charge is 2.15. The number of halogens is 1. The van der Waals surface area contributed by atoms with Crippen molar-refractivity contribution in [2.75, 3.05) is 0 Å². The van der Waals surface area contributed by atoms with E-state index in [0.717, 1.165) is 22.9 Å². The van der Waals surface area contributed by atoms with Crippen LogP contribution in [0.1, 0.15) is 25.2 Å². The van der Waals surface area contributed by atoms with Crippen LogP contribution in [-0.4, -0.2) is 25.2 Å². The molecule has 0 fully saturated rings. The van der Waals surface area contributed by atoms with Gasteiger partial charge in [0.2, 0.25) is 0 Å². The third-order valence-corrected chi connectivity index (χ3v) is 3.71. The minimum absolute atomic E-state index is 0.398. The largest absolute Gasteiger partial charge is 0.309 e. The molecule has 0 aliphatic carbocycles. The highest BCUT2D eigenvalue weighted by Crippen LogP contribution is 2.20. The summed E-state index contributed by atoms with van der Waals surface area (Å²) in [6.45, 7) is 6.85. The maximum absolute atomic E-state index is 6.12. The van der Waals surface area contributed by atoms with Gasteiger partial charge in [0, 0.05) is 18.8 Å². The number of aromatic nitrogens is 4. The lowest BCUT2D eigenvalue weighted by atomic mass is 10.3. The molecule has 110 valence electrons. The predicted molar refractivity (Wildman–Crippen MR) is 84.0 cm³/mol. The molecule has 0 bridgehead atoms. The van der Waals surface area contributed by atoms with Gasteiger partial charge in [-0.25, -0.2) is 9.67 Å². The Morgan fingerprint density at radius 2 is 2.14 bits per heavy atom. The summed E-state index contributed by atoms with van der Waals surface area (Å²) in [5.74, 6) is 0.810. The van der Waals surface area contributed by atoms with Crippen molar-refractivity contribution in [1.29, 1.82) is 0 Å². The molecule has 0 saturated carbocycles. The average Bonchev–Trinajstić information content (AvgIpc) is 2.97. The van der Waals surface area contributed by atoms with Crippen LogP contribution in [0.2, 0.25) is 5.02 Å². The molecule has 0 spiro atoms. The SMILES string of the molecule is Cc1nn(-c2nc3ccccn3c2CNC(C)C)cc1Cl. The number of imidazole rings is 1. The van der Waals surface area contributed by atoms with Crippen LogP contribution in [0.3, 0.4) is 0 Å². The van der Waals surface area contributed by atoms with Crippen LogP contribution in [0.15, 0.2) is 30.6 Å². The van der Waals surface area contributed by atoms with Crippen LogP contribution in [0.25, 0.3) is 11.5 Å². The molecule has 0 saturated heterocycles. The summed E-state index contributed by atoms with van der Waals surface area (Å²) < 4.78 is 3.83. The van der Waals surface area contributed by atoms with Gasteiger partial charge in [-0.1, -0.05) is 31.5 Å². The van der Waals surface area contributed by atoms with Crippen molar-refractivity contribution in [2.45, 2.75) is 33.4 Å². The summed E-state index contributed by atoms with van der Waals surface area (Å²) in [5.41, 5.74) is 2.77. The smallest absolute Gasteiger partial charge is 0.176 e. The molecule has 0 aliphatic rings. The van der Waals surface area contributed by atoms with Crippen LogP contribution in [0, 0.1) is 6.92 Å². The Balaban J connectivity index is 2.13. The van der Waals surface area contributed by atoms with E-state index in [1.54, 1.807) is 10.9 Å². The normalized spacial score (nSPS) is 11.7. The molecule has 5 nitrogen and oxygen atoms in total. The maximum Gasteiger partial charge on any atom is 0.176 e. The molecule has 0 radical (unpaired) electrons. The van der Waals surface area contributed by atoms with E-state index >= 15 is 0 Å². The second-order valence-corrected chi connectivity index (χ2v) is 5.76. The van der Waals surface area contributed by atoms with E-state index in [2.05, 4.69) is 33.6 Å². The lowest BCUT2D eigenvalue weighted by molar-refractivity contribution is 0.576. The van der Waals surface area contributed by atoms with Gasteiger partial charge < -0.3 is 9.72 Å². The molecular formula is C15H18ClN5. The van der Waals surface area contributed by atoms with Crippen LogP contribution in [0.5, 0.6) is 0 Å². The maximum atomic E-state index is 6.12. The van der Waals surface area contributed by atoms with Crippen LogP contribution in [-0.2, 0) is 6.54 Å². The van der Waals surface area contributed by atoms with Gasteiger partial charge in [-0.2, -0.15) is 5.10 Å². The molecule has 21 heavy (non-hydrogen) atoms. The van der Waals surface area contributed by atoms with E-state index in [1.165, 1.54) is 0 Å². The fourth-order valence-corrected chi connectivity index (χ4v) is 2.36. The molecule has 0 unspecified atom stereocenters. The van der Waals surface area contributed by atoms with E-state index in [1.807, 2.05) is 31.3 Å². The first-order valence-electron chi connectivity index (χ1n) is 6.97. The minimum atomic E-state index is 0.398. The molecule has 6 heteroatoms. The van der Waals surface area contributed by atoms with Gasteiger partial charge in [0.1, 0.15) is 5.65 Å². The second kappa shape index (κ2) is 5.50. The van der Waals surface area contributed by atoms with Crippen LogP contribution < -0.4 is 5.32 Å². The van der Waals surface area contributed by atoms with Crippen molar-refractivity contribution >= 4 is 17.2 Å². The zero-order chi connectivity index (χ0) is 15.0. The molecular weight excluding hydrogens is 286 g/mol. The molecule has 0 amide bonds. The van der Waals surface area contributed by atoms with Crippen molar-refractivity contribution in [3.05, 3.63) is 47.0 Å². The Hall–Kier alpha value is -1.85. The van der Waals surface area contributed by atoms with Crippen molar-refractivity contribution in [2.24, 2.45) is 0 Å². The average molecular weight is 304 g/mol. The van der Waals surface area contributed by atoms with E-state index in [0.29, 0.717) is 17.6 Å². The minimum Gasteiger partial charge on any atom is -0.309 e. The second-order valence-electron chi connectivity index (χ2n) is 5.35. The zero-order valence-electron chi connectivity index (χ0n) is 12.3. The number of rotatable bonds is 4. The number of aryl methyl sites for hydroxylation is 1. The molecule has 0 atom stereocenters. The van der Waals surface area contributed by atoms with Crippen molar-refractivity contribution in [3.63, 3.8) is 0 Å². The summed E-state index contributed by atoms with van der Waals surface area (Å²) in [5, 5.41) is 8.53. The topological polar surface area (TPSA) is 47.2 Å². The fraction of sp³-hybridized carbons (Fsp3) is 0.333. The van der Waals surface area contributed by atoms with Gasteiger partial charge >= 0.3 is 0 Å². The quantitative estimate of drug-likeness (QED) is 0.806. The van der Waals surface area contributed by atoms with Gasteiger partial charge in [0.05, 0.1) is 22.6 Å². The van der Waals surface area contributed by atoms with Crippen LogP contribution in [0.4, 0.5) is 0 Å². The van der Waals surface area contributed by atoms with Gasteiger partial charge in [-0.05, 0) is 19.1 Å². The Kier molecular flexibility index (Phi) is 3.69. The number of hydrogen-bond acceptors (Lipinski definition) is 3. The summed E-state index contributed by atoms with van der Waals surface area (Å²) in [6.07, 6.45) is 3.82. The predicted octanol–water partition coefficient (Wildman–Crippen LogP) is 2.98. The van der Waals surface area contributed by atoms with E-state index in [9.17, 15) is 0 Å². The van der Waals surface area contributed by atoms with Gasteiger partial charge in [-0.15, -0.1) is 0 Å². The third-order valence-electron chi connectivity index (χ3n) is 3.34. The highest BCUT2D eigenvalue weighted by molar-refractivity contribution is 6.31. The Morgan fingerprint density at radius 1 is 1.33 bits per heavy atom. The Bertz CT molecular complexity index is 752. The van der Waals surface area contributed by atoms with Crippen molar-refractivity contribution < 1.29 is 0 Å². The molecule has 3 aromatic heterocycles. The molecule has 0 aliphatic heterocycles. The first kappa shape index (κ1) is 14.1. The van der Waals surface area contributed by atoms with Gasteiger partial charge in [-0.3, -0.25) is 0 Å². The molecule has 3 rings (SSSR count). The number of nitrogens with zero attached hydrogens (tertiary/aromatic N) is 4. The standard InChI is InChI=1S/C15H18ClN5/c1-10(2)17-8-13-15(21-9-12(16)11(3)19-21)18-14-6-4-5-7-20(13)14/h4-7,9-10,17H,8H2,1-3H3. The zero-order valence-corrected chi connectivity index (χ0v) is 13.1. The number of pyridine rings is 1.